The third-order valence-electron chi connectivity index (χ3n) is 3.15. The molecule has 96 valence electrons. The van der Waals surface area contributed by atoms with Crippen molar-refractivity contribution in [3.05, 3.63) is 57.4 Å². The number of rotatable bonds is 1. The maximum absolute atomic E-state index is 12.0. The van der Waals surface area contributed by atoms with Crippen LogP contribution in [0.15, 0.2) is 46.0 Å². The van der Waals surface area contributed by atoms with Crippen molar-refractivity contribution < 1.29 is 0 Å². The Balaban J connectivity index is 2.40. The Labute approximate surface area is 108 Å². The van der Waals surface area contributed by atoms with Crippen LogP contribution in [0.2, 0.25) is 0 Å². The second-order valence-electron chi connectivity index (χ2n) is 4.35. The van der Waals surface area contributed by atoms with Crippen LogP contribution >= 0.6 is 0 Å². The first-order valence-corrected chi connectivity index (χ1v) is 5.81. The fourth-order valence-electron chi connectivity index (χ4n) is 2.05. The minimum absolute atomic E-state index is 0.364. The molecular formula is C13H12N4O2. The van der Waals surface area contributed by atoms with Gasteiger partial charge in [-0.05, 0) is 0 Å². The molecule has 0 aliphatic heterocycles. The van der Waals surface area contributed by atoms with E-state index in [9.17, 15) is 9.59 Å². The van der Waals surface area contributed by atoms with E-state index in [2.05, 4.69) is 5.10 Å². The molecule has 0 aliphatic carbocycles. The molecule has 0 saturated carbocycles. The number of hydrogen-bond acceptors (Lipinski definition) is 3. The molecule has 3 rings (SSSR count). The fourth-order valence-corrected chi connectivity index (χ4v) is 2.05. The molecule has 0 fully saturated rings. The topological polar surface area (TPSA) is 61.3 Å². The maximum atomic E-state index is 12.0. The van der Waals surface area contributed by atoms with Gasteiger partial charge >= 0.3 is 11.4 Å². The normalized spacial score (nSPS) is 11.1. The van der Waals surface area contributed by atoms with Gasteiger partial charge in [0.2, 0.25) is 0 Å². The summed E-state index contributed by atoms with van der Waals surface area (Å²) in [6.07, 6.45) is 0. The lowest BCUT2D eigenvalue weighted by molar-refractivity contribution is 0.630. The first-order chi connectivity index (χ1) is 9.09. The molecular weight excluding hydrogens is 244 g/mol. The Morgan fingerprint density at radius 1 is 0.947 bits per heavy atom. The van der Waals surface area contributed by atoms with Gasteiger partial charge in [0.05, 0.1) is 5.69 Å². The van der Waals surface area contributed by atoms with Gasteiger partial charge in [0.1, 0.15) is 5.65 Å². The second-order valence-corrected chi connectivity index (χ2v) is 4.35. The Morgan fingerprint density at radius 3 is 2.32 bits per heavy atom. The summed E-state index contributed by atoms with van der Waals surface area (Å²) in [7, 11) is 3.06. The summed E-state index contributed by atoms with van der Waals surface area (Å²) >= 11 is 0. The summed E-state index contributed by atoms with van der Waals surface area (Å²) in [6, 6.07) is 11.3. The van der Waals surface area contributed by atoms with Crippen molar-refractivity contribution in [2.75, 3.05) is 0 Å². The van der Waals surface area contributed by atoms with Crippen LogP contribution in [0.4, 0.5) is 0 Å². The van der Waals surface area contributed by atoms with Gasteiger partial charge in [-0.1, -0.05) is 30.3 Å². The molecule has 0 N–H and O–H groups in total. The molecule has 0 unspecified atom stereocenters. The van der Waals surface area contributed by atoms with Crippen LogP contribution in [-0.4, -0.2) is 18.7 Å². The number of aromatic nitrogens is 4. The van der Waals surface area contributed by atoms with Gasteiger partial charge in [-0.15, -0.1) is 0 Å². The molecule has 0 radical (unpaired) electrons. The summed E-state index contributed by atoms with van der Waals surface area (Å²) < 4.78 is 3.68. The Morgan fingerprint density at radius 2 is 1.63 bits per heavy atom. The summed E-state index contributed by atoms with van der Waals surface area (Å²) in [4.78, 5) is 23.8. The zero-order valence-corrected chi connectivity index (χ0v) is 10.6. The monoisotopic (exact) mass is 256 g/mol. The van der Waals surface area contributed by atoms with Crippen molar-refractivity contribution in [3.8, 4) is 11.3 Å². The molecule has 19 heavy (non-hydrogen) atoms. The van der Waals surface area contributed by atoms with E-state index in [0.717, 1.165) is 10.1 Å². The van der Waals surface area contributed by atoms with E-state index in [1.165, 1.54) is 16.1 Å². The highest BCUT2D eigenvalue weighted by Gasteiger charge is 2.12. The van der Waals surface area contributed by atoms with Crippen LogP contribution in [0, 0.1) is 0 Å². The van der Waals surface area contributed by atoms with E-state index in [0.29, 0.717) is 11.3 Å². The van der Waals surface area contributed by atoms with Gasteiger partial charge in [-0.3, -0.25) is 4.57 Å². The molecule has 3 aromatic rings. The van der Waals surface area contributed by atoms with E-state index in [4.69, 9.17) is 0 Å². The van der Waals surface area contributed by atoms with Crippen molar-refractivity contribution in [2.24, 2.45) is 14.1 Å². The number of hydrogen-bond donors (Lipinski definition) is 0. The number of benzene rings is 1. The summed E-state index contributed by atoms with van der Waals surface area (Å²) in [5.41, 5.74) is 1.24. The highest BCUT2D eigenvalue weighted by Crippen LogP contribution is 2.17. The van der Waals surface area contributed by atoms with Gasteiger partial charge in [-0.2, -0.15) is 9.61 Å². The van der Waals surface area contributed by atoms with Crippen LogP contribution in [0.3, 0.4) is 0 Å². The zero-order valence-electron chi connectivity index (χ0n) is 10.6. The SMILES string of the molecule is Cn1c(=O)n(C)c2cc(-c3ccccc3)nn2c1=O. The molecule has 0 saturated heterocycles. The third kappa shape index (κ3) is 1.61. The first kappa shape index (κ1) is 11.5. The summed E-state index contributed by atoms with van der Waals surface area (Å²) in [6.45, 7) is 0. The quantitative estimate of drug-likeness (QED) is 0.633. The molecule has 1 aromatic carbocycles. The van der Waals surface area contributed by atoms with Crippen LogP contribution in [0.5, 0.6) is 0 Å². The van der Waals surface area contributed by atoms with Gasteiger partial charge < -0.3 is 0 Å². The largest absolute Gasteiger partial charge is 0.354 e. The van der Waals surface area contributed by atoms with Crippen molar-refractivity contribution in [1.82, 2.24) is 18.7 Å². The average Bonchev–Trinajstić information content (AvgIpc) is 2.89. The smallest absolute Gasteiger partial charge is 0.281 e. The van der Waals surface area contributed by atoms with Crippen molar-refractivity contribution in [3.63, 3.8) is 0 Å². The van der Waals surface area contributed by atoms with Crippen molar-refractivity contribution >= 4 is 5.65 Å². The van der Waals surface area contributed by atoms with Crippen LogP contribution < -0.4 is 11.4 Å². The highest BCUT2D eigenvalue weighted by molar-refractivity contribution is 5.63. The lowest BCUT2D eigenvalue weighted by atomic mass is 10.2. The van der Waals surface area contributed by atoms with E-state index in [1.54, 1.807) is 13.1 Å². The van der Waals surface area contributed by atoms with E-state index >= 15 is 0 Å². The first-order valence-electron chi connectivity index (χ1n) is 5.81. The molecule has 2 heterocycles. The van der Waals surface area contributed by atoms with Gasteiger partial charge in [0.25, 0.3) is 0 Å². The van der Waals surface area contributed by atoms with Crippen molar-refractivity contribution in [1.29, 1.82) is 0 Å². The molecule has 0 aliphatic rings. The second kappa shape index (κ2) is 3.94. The molecule has 0 spiro atoms. The average molecular weight is 256 g/mol. The highest BCUT2D eigenvalue weighted by atomic mass is 16.2. The molecule has 0 atom stereocenters. The standard InChI is InChI=1S/C13H12N4O2/c1-15-11-8-10(9-6-4-3-5-7-9)14-17(11)13(19)16(2)12(15)18/h3-8H,1-2H3. The van der Waals surface area contributed by atoms with Crippen LogP contribution in [0.1, 0.15) is 0 Å². The van der Waals surface area contributed by atoms with Gasteiger partial charge in [0.15, 0.2) is 0 Å². The summed E-state index contributed by atoms with van der Waals surface area (Å²) in [5.74, 6) is 0. The molecule has 0 amide bonds. The Bertz CT molecular complexity index is 871. The molecule has 0 bridgehead atoms. The summed E-state index contributed by atoms with van der Waals surface area (Å²) in [5, 5.41) is 4.27. The molecule has 6 heteroatoms. The predicted octanol–water partition coefficient (Wildman–Crippen LogP) is 0.399. The number of aryl methyl sites for hydroxylation is 1. The Hall–Kier alpha value is -2.63. The Kier molecular flexibility index (Phi) is 2.38. The minimum Gasteiger partial charge on any atom is -0.281 e. The van der Waals surface area contributed by atoms with Gasteiger partial charge in [0, 0.05) is 25.7 Å². The maximum Gasteiger partial charge on any atom is 0.354 e. The molecule has 2 aromatic heterocycles. The van der Waals surface area contributed by atoms with E-state index < -0.39 is 5.69 Å². The third-order valence-corrected chi connectivity index (χ3v) is 3.15. The van der Waals surface area contributed by atoms with Crippen molar-refractivity contribution in [2.45, 2.75) is 0 Å². The fraction of sp³-hybridized carbons (Fsp3) is 0.154. The van der Waals surface area contributed by atoms with Crippen LogP contribution in [0.25, 0.3) is 16.9 Å². The lowest BCUT2D eigenvalue weighted by Crippen LogP contribution is -2.40. The lowest BCUT2D eigenvalue weighted by Gasteiger charge is -2.02. The minimum atomic E-state index is -0.444. The van der Waals surface area contributed by atoms with Crippen LogP contribution in [-0.2, 0) is 14.1 Å². The van der Waals surface area contributed by atoms with E-state index in [-0.39, 0.29) is 5.69 Å². The molecule has 6 nitrogen and oxygen atoms in total. The zero-order chi connectivity index (χ0) is 13.6. The van der Waals surface area contributed by atoms with Gasteiger partial charge in [-0.25, -0.2) is 14.2 Å². The number of fused-ring (bicyclic) bond motifs is 1. The van der Waals surface area contributed by atoms with E-state index in [1.807, 2.05) is 30.3 Å². The number of nitrogens with zero attached hydrogens (tertiary/aromatic N) is 4. The predicted molar refractivity (Wildman–Crippen MR) is 71.1 cm³/mol.